The Kier molecular flexibility index (Phi) is 7.99. The van der Waals surface area contributed by atoms with Gasteiger partial charge in [0.25, 0.3) is 0 Å². The smallest absolute Gasteiger partial charge is 0.416 e. The summed E-state index contributed by atoms with van der Waals surface area (Å²) in [6, 6.07) is 4.42. The lowest BCUT2D eigenvalue weighted by molar-refractivity contribution is -0.137. The molecule has 0 radical (unpaired) electrons. The zero-order valence-electron chi connectivity index (χ0n) is 17.9. The number of aliphatic hydroxyl groups is 1. The Morgan fingerprint density at radius 2 is 1.81 bits per heavy atom. The largest absolute Gasteiger partial charge is 0.491 e. The minimum absolute atomic E-state index is 0.00379. The van der Waals surface area contributed by atoms with E-state index in [1.165, 1.54) is 12.1 Å². The number of carbonyl (C=O) groups excluding carboxylic acids is 1. The number of rotatable bonds is 5. The van der Waals surface area contributed by atoms with Crippen molar-refractivity contribution in [2.45, 2.75) is 38.7 Å². The number of nitrogens with zero attached hydrogens (tertiary/aromatic N) is 3. The quantitative estimate of drug-likeness (QED) is 0.532. The third-order valence-corrected chi connectivity index (χ3v) is 4.32. The SMILES string of the molecule is CC(C)(C)OC(=O)N1CCN(C(N)=NCC(O)COc2cccc(C(F)(F)F)c2)CC1. The number of ether oxygens (including phenoxy) is 2. The van der Waals surface area contributed by atoms with Gasteiger partial charge in [-0.15, -0.1) is 0 Å². The van der Waals surface area contributed by atoms with Gasteiger partial charge in [0.05, 0.1) is 12.1 Å². The van der Waals surface area contributed by atoms with E-state index in [2.05, 4.69) is 4.99 Å². The van der Waals surface area contributed by atoms with E-state index in [4.69, 9.17) is 15.2 Å². The topological polar surface area (TPSA) is 101 Å². The van der Waals surface area contributed by atoms with Crippen molar-refractivity contribution < 1.29 is 32.5 Å². The van der Waals surface area contributed by atoms with E-state index < -0.39 is 23.4 Å². The summed E-state index contributed by atoms with van der Waals surface area (Å²) in [5.74, 6) is 0.214. The molecule has 1 fully saturated rings. The number of benzene rings is 1. The number of nitrogens with two attached hydrogens (primary N) is 1. The molecule has 3 N–H and O–H groups in total. The molecule has 1 aliphatic heterocycles. The summed E-state index contributed by atoms with van der Waals surface area (Å²) in [5, 5.41) is 10.0. The Balaban J connectivity index is 1.78. The van der Waals surface area contributed by atoms with Gasteiger partial charge in [0.2, 0.25) is 0 Å². The van der Waals surface area contributed by atoms with Gasteiger partial charge in [-0.05, 0) is 39.0 Å². The fourth-order valence-electron chi connectivity index (χ4n) is 2.75. The predicted octanol–water partition coefficient (Wildman–Crippen LogP) is 2.31. The van der Waals surface area contributed by atoms with Gasteiger partial charge in [-0.3, -0.25) is 4.99 Å². The number of aliphatic hydroxyl groups excluding tert-OH is 1. The molecule has 0 bridgehead atoms. The summed E-state index contributed by atoms with van der Waals surface area (Å²) in [5.41, 5.74) is 4.56. The maximum atomic E-state index is 12.7. The van der Waals surface area contributed by atoms with E-state index in [9.17, 15) is 23.1 Å². The predicted molar refractivity (Wildman–Crippen MR) is 109 cm³/mol. The maximum absolute atomic E-state index is 12.7. The minimum atomic E-state index is -4.47. The molecule has 0 saturated carbocycles. The molecule has 0 aliphatic carbocycles. The van der Waals surface area contributed by atoms with Crippen molar-refractivity contribution >= 4 is 12.1 Å². The highest BCUT2D eigenvalue weighted by Crippen LogP contribution is 2.31. The fourth-order valence-corrected chi connectivity index (χ4v) is 2.75. The van der Waals surface area contributed by atoms with E-state index in [1.54, 1.807) is 30.6 Å². The molecular weight excluding hydrogens is 417 g/mol. The van der Waals surface area contributed by atoms with Crippen LogP contribution in [0.2, 0.25) is 0 Å². The number of carbonyl (C=O) groups is 1. The Bertz CT molecular complexity index is 772. The Labute approximate surface area is 179 Å². The first-order chi connectivity index (χ1) is 14.3. The first-order valence-corrected chi connectivity index (χ1v) is 9.86. The van der Waals surface area contributed by atoms with Crippen LogP contribution in [0.3, 0.4) is 0 Å². The highest BCUT2D eigenvalue weighted by atomic mass is 19.4. The minimum Gasteiger partial charge on any atom is -0.491 e. The normalized spacial score (nSPS) is 16.8. The molecule has 1 saturated heterocycles. The van der Waals surface area contributed by atoms with Gasteiger partial charge >= 0.3 is 12.3 Å². The standard InChI is InChI=1S/C20H29F3N4O4/c1-19(2,3)31-18(29)27-9-7-26(8-10-27)17(24)25-12-15(28)13-30-16-6-4-5-14(11-16)20(21,22)23/h4-6,11,15,28H,7-10,12-13H2,1-3H3,(H2,24,25). The van der Waals surface area contributed by atoms with Gasteiger partial charge in [0.15, 0.2) is 5.96 Å². The van der Waals surface area contributed by atoms with Gasteiger partial charge in [0.1, 0.15) is 24.1 Å². The van der Waals surface area contributed by atoms with E-state index in [0.29, 0.717) is 26.2 Å². The van der Waals surface area contributed by atoms with Gasteiger partial charge in [-0.25, -0.2) is 4.79 Å². The molecule has 2 rings (SSSR count). The van der Waals surface area contributed by atoms with Crippen LogP contribution in [0.25, 0.3) is 0 Å². The summed E-state index contributed by atoms with van der Waals surface area (Å²) in [7, 11) is 0. The third-order valence-electron chi connectivity index (χ3n) is 4.32. The number of hydrogen-bond acceptors (Lipinski definition) is 5. The molecule has 1 aliphatic rings. The molecule has 1 atom stereocenters. The van der Waals surface area contributed by atoms with E-state index >= 15 is 0 Å². The van der Waals surface area contributed by atoms with E-state index in [1.807, 2.05) is 0 Å². The highest BCUT2D eigenvalue weighted by Gasteiger charge is 2.30. The second-order valence-corrected chi connectivity index (χ2v) is 8.14. The van der Waals surface area contributed by atoms with Crippen molar-refractivity contribution in [2.24, 2.45) is 10.7 Å². The molecule has 31 heavy (non-hydrogen) atoms. The van der Waals surface area contributed by atoms with Crippen molar-refractivity contribution in [1.82, 2.24) is 9.80 Å². The van der Waals surface area contributed by atoms with Gasteiger partial charge in [-0.1, -0.05) is 6.07 Å². The summed E-state index contributed by atoms with van der Waals surface area (Å²) in [4.78, 5) is 19.6. The number of amides is 1. The van der Waals surface area contributed by atoms with Crippen LogP contribution < -0.4 is 10.5 Å². The third kappa shape index (κ3) is 8.16. The molecule has 0 spiro atoms. The van der Waals surface area contributed by atoms with Crippen molar-refractivity contribution in [3.05, 3.63) is 29.8 Å². The number of piperazine rings is 1. The lowest BCUT2D eigenvalue weighted by atomic mass is 10.2. The zero-order valence-corrected chi connectivity index (χ0v) is 17.9. The summed E-state index contributed by atoms with van der Waals surface area (Å²) in [6.07, 6.45) is -5.90. The summed E-state index contributed by atoms with van der Waals surface area (Å²) < 4.78 is 48.7. The van der Waals surface area contributed by atoms with Crippen LogP contribution >= 0.6 is 0 Å². The molecule has 1 unspecified atom stereocenters. The molecular formula is C20H29F3N4O4. The molecule has 1 aromatic rings. The maximum Gasteiger partial charge on any atom is 0.416 e. The van der Waals surface area contributed by atoms with Crippen LogP contribution in [0.1, 0.15) is 26.3 Å². The fraction of sp³-hybridized carbons (Fsp3) is 0.600. The van der Waals surface area contributed by atoms with Crippen molar-refractivity contribution in [3.63, 3.8) is 0 Å². The van der Waals surface area contributed by atoms with Crippen LogP contribution in [-0.2, 0) is 10.9 Å². The van der Waals surface area contributed by atoms with Crippen LogP contribution in [-0.4, -0.2) is 78.0 Å². The van der Waals surface area contributed by atoms with Crippen LogP contribution in [0, 0.1) is 0 Å². The zero-order chi connectivity index (χ0) is 23.2. The highest BCUT2D eigenvalue weighted by molar-refractivity contribution is 5.78. The average molecular weight is 446 g/mol. The molecule has 1 amide bonds. The number of halogens is 3. The van der Waals surface area contributed by atoms with Gasteiger partial charge < -0.3 is 30.1 Å². The lowest BCUT2D eigenvalue weighted by Gasteiger charge is -2.36. The Hall–Kier alpha value is -2.69. The second-order valence-electron chi connectivity index (χ2n) is 8.14. The van der Waals surface area contributed by atoms with Crippen LogP contribution in [0.15, 0.2) is 29.3 Å². The summed E-state index contributed by atoms with van der Waals surface area (Å²) in [6.45, 7) is 6.87. The first-order valence-electron chi connectivity index (χ1n) is 9.86. The summed E-state index contributed by atoms with van der Waals surface area (Å²) >= 11 is 0. The second kappa shape index (κ2) is 10.1. The van der Waals surface area contributed by atoms with Gasteiger partial charge in [-0.2, -0.15) is 13.2 Å². The Morgan fingerprint density at radius 3 is 2.39 bits per heavy atom. The molecule has 174 valence electrons. The van der Waals surface area contributed by atoms with Crippen LogP contribution in [0.4, 0.5) is 18.0 Å². The molecule has 11 heteroatoms. The van der Waals surface area contributed by atoms with Crippen molar-refractivity contribution in [2.75, 3.05) is 39.3 Å². The van der Waals surface area contributed by atoms with Crippen LogP contribution in [0.5, 0.6) is 5.75 Å². The van der Waals surface area contributed by atoms with Crippen molar-refractivity contribution in [1.29, 1.82) is 0 Å². The first kappa shape index (κ1) is 24.6. The van der Waals surface area contributed by atoms with Gasteiger partial charge in [0, 0.05) is 26.2 Å². The average Bonchev–Trinajstić information content (AvgIpc) is 2.69. The lowest BCUT2D eigenvalue weighted by Crippen LogP contribution is -2.53. The number of hydrogen-bond donors (Lipinski definition) is 2. The molecule has 1 aromatic carbocycles. The monoisotopic (exact) mass is 446 g/mol. The molecule has 1 heterocycles. The molecule has 0 aromatic heterocycles. The Morgan fingerprint density at radius 1 is 1.19 bits per heavy atom. The molecule has 8 nitrogen and oxygen atoms in total. The van der Waals surface area contributed by atoms with Crippen molar-refractivity contribution in [3.8, 4) is 5.75 Å². The number of alkyl halides is 3. The number of aliphatic imine (C=N–C) groups is 1. The van der Waals surface area contributed by atoms with E-state index in [-0.39, 0.29) is 31.0 Å². The van der Waals surface area contributed by atoms with E-state index in [0.717, 1.165) is 12.1 Å². The number of guanidine groups is 1.